The van der Waals surface area contributed by atoms with Gasteiger partial charge in [-0.3, -0.25) is 10.1 Å². The minimum absolute atomic E-state index is 0.0301. The van der Waals surface area contributed by atoms with Crippen molar-refractivity contribution in [2.75, 3.05) is 19.5 Å². The summed E-state index contributed by atoms with van der Waals surface area (Å²) >= 11 is 0. The summed E-state index contributed by atoms with van der Waals surface area (Å²) in [7, 11) is 3.12. The van der Waals surface area contributed by atoms with Gasteiger partial charge in [0.2, 0.25) is 0 Å². The molecule has 1 N–H and O–H groups in total. The molecule has 0 unspecified atom stereocenters. The molecule has 2 rings (SSSR count). The number of nitro benzene ring substituents is 1. The van der Waals surface area contributed by atoms with E-state index in [9.17, 15) is 10.1 Å². The summed E-state index contributed by atoms with van der Waals surface area (Å²) in [6.07, 6.45) is 0. The Morgan fingerprint density at radius 3 is 2.55 bits per heavy atom. The van der Waals surface area contributed by atoms with Gasteiger partial charge in [0.05, 0.1) is 24.8 Å². The number of benzene rings is 2. The second-order valence-electron chi connectivity index (χ2n) is 4.00. The third-order valence-electron chi connectivity index (χ3n) is 2.74. The van der Waals surface area contributed by atoms with Crippen LogP contribution >= 0.6 is 0 Å². The van der Waals surface area contributed by atoms with Gasteiger partial charge in [0.15, 0.2) is 0 Å². The van der Waals surface area contributed by atoms with Crippen LogP contribution in [-0.2, 0) is 0 Å². The molecule has 0 amide bonds. The van der Waals surface area contributed by atoms with Crippen molar-refractivity contribution < 1.29 is 14.4 Å². The van der Waals surface area contributed by atoms with E-state index >= 15 is 0 Å². The van der Waals surface area contributed by atoms with Crippen LogP contribution in [0.25, 0.3) is 0 Å². The van der Waals surface area contributed by atoms with E-state index in [1.807, 2.05) is 0 Å². The highest BCUT2D eigenvalue weighted by Crippen LogP contribution is 2.32. The molecule has 0 saturated heterocycles. The van der Waals surface area contributed by atoms with Crippen molar-refractivity contribution in [1.29, 1.82) is 0 Å². The van der Waals surface area contributed by atoms with Gasteiger partial charge < -0.3 is 14.8 Å². The molecule has 0 bridgehead atoms. The largest absolute Gasteiger partial charge is 0.497 e. The molecule has 2 aromatic carbocycles. The van der Waals surface area contributed by atoms with Gasteiger partial charge in [-0.15, -0.1) is 0 Å². The van der Waals surface area contributed by atoms with Crippen molar-refractivity contribution in [2.24, 2.45) is 0 Å². The van der Waals surface area contributed by atoms with Crippen molar-refractivity contribution in [3.63, 3.8) is 0 Å². The summed E-state index contributed by atoms with van der Waals surface area (Å²) in [6.45, 7) is 0. The van der Waals surface area contributed by atoms with E-state index in [0.29, 0.717) is 22.9 Å². The topological polar surface area (TPSA) is 73.6 Å². The van der Waals surface area contributed by atoms with Crippen molar-refractivity contribution >= 4 is 17.1 Å². The lowest BCUT2D eigenvalue weighted by atomic mass is 10.2. The molecule has 104 valence electrons. The highest BCUT2D eigenvalue weighted by Gasteiger charge is 2.08. The molecule has 6 nitrogen and oxygen atoms in total. The van der Waals surface area contributed by atoms with Crippen LogP contribution in [0.4, 0.5) is 17.1 Å². The van der Waals surface area contributed by atoms with E-state index in [0.717, 1.165) is 0 Å². The Labute approximate surface area is 116 Å². The lowest BCUT2D eigenvalue weighted by molar-refractivity contribution is -0.384. The van der Waals surface area contributed by atoms with Gasteiger partial charge in [0, 0.05) is 23.9 Å². The summed E-state index contributed by atoms with van der Waals surface area (Å²) in [4.78, 5) is 10.3. The second kappa shape index (κ2) is 5.92. The number of hydrogen-bond acceptors (Lipinski definition) is 5. The predicted molar refractivity (Wildman–Crippen MR) is 75.9 cm³/mol. The summed E-state index contributed by atoms with van der Waals surface area (Å²) < 4.78 is 10.4. The van der Waals surface area contributed by atoms with E-state index in [4.69, 9.17) is 9.47 Å². The minimum atomic E-state index is -0.434. The molecule has 0 heterocycles. The Balaban J connectivity index is 2.29. The number of nitrogens with zero attached hydrogens (tertiary/aromatic N) is 1. The van der Waals surface area contributed by atoms with Crippen LogP contribution in [-0.4, -0.2) is 19.1 Å². The smallest absolute Gasteiger partial charge is 0.271 e. The fourth-order valence-electron chi connectivity index (χ4n) is 1.75. The fourth-order valence-corrected chi connectivity index (χ4v) is 1.75. The molecular weight excluding hydrogens is 260 g/mol. The zero-order valence-electron chi connectivity index (χ0n) is 11.1. The quantitative estimate of drug-likeness (QED) is 0.668. The Morgan fingerprint density at radius 2 is 1.90 bits per heavy atom. The number of hydrogen-bond donors (Lipinski definition) is 1. The minimum Gasteiger partial charge on any atom is -0.497 e. The molecule has 0 atom stereocenters. The van der Waals surface area contributed by atoms with Crippen LogP contribution < -0.4 is 14.8 Å². The van der Waals surface area contributed by atoms with Crippen molar-refractivity contribution in [3.05, 3.63) is 52.6 Å². The standard InChI is InChI=1S/C14H14N2O4/c1-19-12-6-7-13(14(9-12)20-2)15-10-4-3-5-11(8-10)16(17)18/h3-9,15H,1-2H3. The van der Waals surface area contributed by atoms with Crippen LogP contribution in [0.3, 0.4) is 0 Å². The first-order valence-electron chi connectivity index (χ1n) is 5.87. The lowest BCUT2D eigenvalue weighted by Gasteiger charge is -2.12. The van der Waals surface area contributed by atoms with Gasteiger partial charge in [0.1, 0.15) is 11.5 Å². The van der Waals surface area contributed by atoms with E-state index < -0.39 is 4.92 Å². The summed E-state index contributed by atoms with van der Waals surface area (Å²) in [5, 5.41) is 13.8. The molecule has 0 saturated carbocycles. The van der Waals surface area contributed by atoms with Crippen LogP contribution in [0.2, 0.25) is 0 Å². The van der Waals surface area contributed by atoms with Gasteiger partial charge in [-0.2, -0.15) is 0 Å². The average molecular weight is 274 g/mol. The molecule has 2 aromatic rings. The highest BCUT2D eigenvalue weighted by molar-refractivity contribution is 5.68. The Kier molecular flexibility index (Phi) is 4.05. The van der Waals surface area contributed by atoms with E-state index in [1.54, 1.807) is 44.6 Å². The Hall–Kier alpha value is -2.76. The number of methoxy groups -OCH3 is 2. The van der Waals surface area contributed by atoms with Crippen molar-refractivity contribution in [3.8, 4) is 11.5 Å². The third kappa shape index (κ3) is 2.97. The Bertz CT molecular complexity index is 628. The number of rotatable bonds is 5. The normalized spacial score (nSPS) is 9.90. The van der Waals surface area contributed by atoms with Gasteiger partial charge in [-0.25, -0.2) is 0 Å². The zero-order valence-corrected chi connectivity index (χ0v) is 11.1. The molecule has 6 heteroatoms. The number of anilines is 2. The highest BCUT2D eigenvalue weighted by atomic mass is 16.6. The lowest BCUT2D eigenvalue weighted by Crippen LogP contribution is -1.96. The first-order chi connectivity index (χ1) is 9.63. The van der Waals surface area contributed by atoms with Crippen LogP contribution in [0, 0.1) is 10.1 Å². The van der Waals surface area contributed by atoms with Crippen molar-refractivity contribution in [1.82, 2.24) is 0 Å². The maximum atomic E-state index is 10.7. The van der Waals surface area contributed by atoms with Gasteiger partial charge in [-0.05, 0) is 18.2 Å². The van der Waals surface area contributed by atoms with E-state index in [2.05, 4.69) is 5.32 Å². The average Bonchev–Trinajstić information content (AvgIpc) is 2.48. The van der Waals surface area contributed by atoms with Gasteiger partial charge in [-0.1, -0.05) is 6.07 Å². The Morgan fingerprint density at radius 1 is 1.10 bits per heavy atom. The van der Waals surface area contributed by atoms with Crippen molar-refractivity contribution in [2.45, 2.75) is 0 Å². The molecule has 0 radical (unpaired) electrons. The fraction of sp³-hybridized carbons (Fsp3) is 0.143. The molecule has 0 aliphatic heterocycles. The number of nitrogens with one attached hydrogen (secondary N) is 1. The predicted octanol–water partition coefficient (Wildman–Crippen LogP) is 3.36. The molecular formula is C14H14N2O4. The first-order valence-corrected chi connectivity index (χ1v) is 5.87. The molecule has 0 spiro atoms. The molecule has 20 heavy (non-hydrogen) atoms. The van der Waals surface area contributed by atoms with Gasteiger partial charge in [0.25, 0.3) is 5.69 Å². The molecule has 0 aromatic heterocycles. The first kappa shape index (κ1) is 13.7. The summed E-state index contributed by atoms with van der Waals surface area (Å²) in [5.41, 5.74) is 1.35. The number of ether oxygens (including phenoxy) is 2. The van der Waals surface area contributed by atoms with Crippen LogP contribution in [0.15, 0.2) is 42.5 Å². The van der Waals surface area contributed by atoms with E-state index in [1.165, 1.54) is 12.1 Å². The number of non-ortho nitro benzene ring substituents is 1. The van der Waals surface area contributed by atoms with Gasteiger partial charge >= 0.3 is 0 Å². The SMILES string of the molecule is COc1ccc(Nc2cccc([N+](=O)[O-])c2)c(OC)c1. The molecule has 0 aliphatic carbocycles. The van der Waals surface area contributed by atoms with Crippen LogP contribution in [0.5, 0.6) is 11.5 Å². The number of nitro groups is 1. The van der Waals surface area contributed by atoms with E-state index in [-0.39, 0.29) is 5.69 Å². The monoisotopic (exact) mass is 274 g/mol. The molecule has 0 fully saturated rings. The summed E-state index contributed by atoms with van der Waals surface area (Å²) in [6, 6.07) is 11.6. The maximum absolute atomic E-state index is 10.7. The summed E-state index contributed by atoms with van der Waals surface area (Å²) in [5.74, 6) is 1.27. The maximum Gasteiger partial charge on any atom is 0.271 e. The second-order valence-corrected chi connectivity index (χ2v) is 4.00. The third-order valence-corrected chi connectivity index (χ3v) is 2.74. The zero-order chi connectivity index (χ0) is 14.5. The molecule has 0 aliphatic rings. The van der Waals surface area contributed by atoms with Crippen LogP contribution in [0.1, 0.15) is 0 Å².